The molecule has 21 heavy (non-hydrogen) atoms. The van der Waals surface area contributed by atoms with Gasteiger partial charge in [0, 0.05) is 24.7 Å². The predicted octanol–water partition coefficient (Wildman–Crippen LogP) is 1.89. The smallest absolute Gasteiger partial charge is 0.122 e. The number of likely N-dealkylation sites (tertiary alicyclic amines) is 2. The van der Waals surface area contributed by atoms with Crippen molar-refractivity contribution in [2.75, 3.05) is 26.7 Å². The number of piperidine rings is 2. The maximum Gasteiger partial charge on any atom is 0.122 e. The van der Waals surface area contributed by atoms with Crippen molar-refractivity contribution in [3.8, 4) is 0 Å². The number of amidine groups is 1. The Bertz CT molecular complexity index is 496. The summed E-state index contributed by atoms with van der Waals surface area (Å²) in [6.45, 7) is 4.71. The lowest BCUT2D eigenvalue weighted by atomic mass is 9.84. The van der Waals surface area contributed by atoms with Gasteiger partial charge in [-0.1, -0.05) is 24.3 Å². The Balaban J connectivity index is 1.60. The van der Waals surface area contributed by atoms with Gasteiger partial charge in [0.05, 0.1) is 0 Å². The molecule has 2 aliphatic heterocycles. The van der Waals surface area contributed by atoms with Crippen LogP contribution < -0.4 is 5.73 Å². The van der Waals surface area contributed by atoms with Gasteiger partial charge in [0.1, 0.15) is 5.84 Å². The molecule has 1 aromatic rings. The van der Waals surface area contributed by atoms with Crippen LogP contribution in [0, 0.1) is 11.3 Å². The summed E-state index contributed by atoms with van der Waals surface area (Å²) in [5, 5.41) is 7.44. The van der Waals surface area contributed by atoms with Crippen LogP contribution in [-0.4, -0.2) is 48.4 Å². The Labute approximate surface area is 127 Å². The monoisotopic (exact) mass is 286 g/mol. The summed E-state index contributed by atoms with van der Waals surface area (Å²) >= 11 is 0. The van der Waals surface area contributed by atoms with Crippen molar-refractivity contribution in [3.63, 3.8) is 0 Å². The first-order valence-corrected chi connectivity index (χ1v) is 7.99. The van der Waals surface area contributed by atoms with Gasteiger partial charge in [-0.25, -0.2) is 0 Å². The lowest BCUT2D eigenvalue weighted by molar-refractivity contribution is 0.0355. The maximum absolute atomic E-state index is 7.44. The molecule has 0 aromatic heterocycles. The zero-order valence-corrected chi connectivity index (χ0v) is 12.9. The molecule has 0 amide bonds. The standard InChI is InChI=1S/C17H26N4/c1-20-9-2-3-15-12-21(10-8-16(15)20)11-13-4-6-14(7-5-13)17(18)19/h4-7,15-16H,2-3,8-12H2,1H3,(H3,18,19). The van der Waals surface area contributed by atoms with Crippen molar-refractivity contribution in [1.82, 2.24) is 9.80 Å². The van der Waals surface area contributed by atoms with Gasteiger partial charge < -0.3 is 10.6 Å². The molecule has 3 rings (SSSR count). The molecule has 0 aliphatic carbocycles. The highest BCUT2D eigenvalue weighted by molar-refractivity contribution is 5.94. The average molecular weight is 286 g/mol. The highest BCUT2D eigenvalue weighted by Gasteiger charge is 2.33. The molecule has 2 unspecified atom stereocenters. The number of nitrogen functional groups attached to an aromatic ring is 1. The first kappa shape index (κ1) is 14.5. The first-order valence-electron chi connectivity index (χ1n) is 7.99. The van der Waals surface area contributed by atoms with Crippen LogP contribution in [0.3, 0.4) is 0 Å². The van der Waals surface area contributed by atoms with E-state index in [1.807, 2.05) is 12.1 Å². The van der Waals surface area contributed by atoms with Crippen molar-refractivity contribution in [2.24, 2.45) is 11.7 Å². The number of benzene rings is 1. The molecule has 3 N–H and O–H groups in total. The number of fused-ring (bicyclic) bond motifs is 1. The number of nitrogens with zero attached hydrogens (tertiary/aromatic N) is 2. The zero-order valence-electron chi connectivity index (χ0n) is 12.9. The molecule has 0 spiro atoms. The average Bonchev–Trinajstić information content (AvgIpc) is 2.48. The van der Waals surface area contributed by atoms with E-state index in [1.165, 1.54) is 44.5 Å². The number of nitrogens with two attached hydrogens (primary N) is 1. The number of nitrogens with one attached hydrogen (secondary N) is 1. The highest BCUT2D eigenvalue weighted by Crippen LogP contribution is 2.30. The number of hydrogen-bond acceptors (Lipinski definition) is 3. The second-order valence-corrected chi connectivity index (χ2v) is 6.58. The molecule has 1 aromatic carbocycles. The quantitative estimate of drug-likeness (QED) is 0.659. The minimum atomic E-state index is 0.146. The molecule has 4 nitrogen and oxygen atoms in total. The van der Waals surface area contributed by atoms with Crippen LogP contribution in [0.25, 0.3) is 0 Å². The van der Waals surface area contributed by atoms with Gasteiger partial charge in [0.2, 0.25) is 0 Å². The summed E-state index contributed by atoms with van der Waals surface area (Å²) in [5.41, 5.74) is 7.64. The second-order valence-electron chi connectivity index (χ2n) is 6.58. The van der Waals surface area contributed by atoms with Crippen molar-refractivity contribution in [1.29, 1.82) is 5.41 Å². The van der Waals surface area contributed by atoms with Gasteiger partial charge in [-0.15, -0.1) is 0 Å². The Kier molecular flexibility index (Phi) is 4.27. The molecule has 0 saturated carbocycles. The summed E-state index contributed by atoms with van der Waals surface area (Å²) in [6.07, 6.45) is 4.03. The minimum Gasteiger partial charge on any atom is -0.384 e. The normalized spacial score (nSPS) is 27.3. The fourth-order valence-electron chi connectivity index (χ4n) is 3.92. The summed E-state index contributed by atoms with van der Waals surface area (Å²) in [5.74, 6) is 0.988. The van der Waals surface area contributed by atoms with Gasteiger partial charge in [-0.05, 0) is 50.9 Å². The van der Waals surface area contributed by atoms with Crippen LogP contribution in [0.15, 0.2) is 24.3 Å². The van der Waals surface area contributed by atoms with E-state index >= 15 is 0 Å². The van der Waals surface area contributed by atoms with Crippen molar-refractivity contribution in [2.45, 2.75) is 31.8 Å². The molecule has 0 bridgehead atoms. The summed E-state index contributed by atoms with van der Waals surface area (Å²) in [4.78, 5) is 5.15. The molecule has 114 valence electrons. The fraction of sp³-hybridized carbons (Fsp3) is 0.588. The lowest BCUT2D eigenvalue weighted by Gasteiger charge is -2.46. The van der Waals surface area contributed by atoms with E-state index in [4.69, 9.17) is 11.1 Å². The molecule has 4 heteroatoms. The van der Waals surface area contributed by atoms with E-state index in [-0.39, 0.29) is 5.84 Å². The van der Waals surface area contributed by atoms with E-state index < -0.39 is 0 Å². The van der Waals surface area contributed by atoms with Gasteiger partial charge in [0.25, 0.3) is 0 Å². The molecule has 0 radical (unpaired) electrons. The van der Waals surface area contributed by atoms with Crippen LogP contribution >= 0.6 is 0 Å². The van der Waals surface area contributed by atoms with Crippen LogP contribution in [0.1, 0.15) is 30.4 Å². The van der Waals surface area contributed by atoms with Crippen LogP contribution in [-0.2, 0) is 6.54 Å². The van der Waals surface area contributed by atoms with Gasteiger partial charge in [0.15, 0.2) is 0 Å². The number of rotatable bonds is 3. The molecular weight excluding hydrogens is 260 g/mol. The summed E-state index contributed by atoms with van der Waals surface area (Å²) in [7, 11) is 2.28. The Morgan fingerprint density at radius 1 is 1.24 bits per heavy atom. The molecule has 2 aliphatic rings. The van der Waals surface area contributed by atoms with Crippen molar-refractivity contribution in [3.05, 3.63) is 35.4 Å². The summed E-state index contributed by atoms with van der Waals surface area (Å²) < 4.78 is 0. The maximum atomic E-state index is 7.44. The molecule has 2 saturated heterocycles. The van der Waals surface area contributed by atoms with Gasteiger partial charge in [-0.3, -0.25) is 10.3 Å². The molecule has 2 fully saturated rings. The molecular formula is C17H26N4. The van der Waals surface area contributed by atoms with E-state index in [9.17, 15) is 0 Å². The number of hydrogen-bond donors (Lipinski definition) is 2. The fourth-order valence-corrected chi connectivity index (χ4v) is 3.92. The second kappa shape index (κ2) is 6.16. The van der Waals surface area contributed by atoms with Crippen LogP contribution in [0.4, 0.5) is 0 Å². The Hall–Kier alpha value is -1.39. The van der Waals surface area contributed by atoms with E-state index in [0.717, 1.165) is 24.1 Å². The molecule has 2 heterocycles. The van der Waals surface area contributed by atoms with E-state index in [0.29, 0.717) is 0 Å². The molecule has 2 atom stereocenters. The van der Waals surface area contributed by atoms with Crippen LogP contribution in [0.2, 0.25) is 0 Å². The van der Waals surface area contributed by atoms with Gasteiger partial charge in [-0.2, -0.15) is 0 Å². The Morgan fingerprint density at radius 2 is 2.00 bits per heavy atom. The highest BCUT2D eigenvalue weighted by atomic mass is 15.2. The predicted molar refractivity (Wildman–Crippen MR) is 86.5 cm³/mol. The van der Waals surface area contributed by atoms with E-state index in [2.05, 4.69) is 29.0 Å². The minimum absolute atomic E-state index is 0.146. The zero-order chi connectivity index (χ0) is 14.8. The topological polar surface area (TPSA) is 56.4 Å². The van der Waals surface area contributed by atoms with E-state index in [1.54, 1.807) is 0 Å². The van der Waals surface area contributed by atoms with Crippen LogP contribution in [0.5, 0.6) is 0 Å². The summed E-state index contributed by atoms with van der Waals surface area (Å²) in [6, 6.07) is 8.93. The van der Waals surface area contributed by atoms with Crippen molar-refractivity contribution < 1.29 is 0 Å². The third-order valence-electron chi connectivity index (χ3n) is 5.10. The SMILES string of the molecule is CN1CCCC2CN(Cc3ccc(C(=N)N)cc3)CCC21. The third kappa shape index (κ3) is 3.27. The Morgan fingerprint density at radius 3 is 2.71 bits per heavy atom. The first-order chi connectivity index (χ1) is 10.1. The third-order valence-corrected chi connectivity index (χ3v) is 5.10. The lowest BCUT2D eigenvalue weighted by Crippen LogP contribution is -2.52. The largest absolute Gasteiger partial charge is 0.384 e. The van der Waals surface area contributed by atoms with Crippen molar-refractivity contribution >= 4 is 5.84 Å². The van der Waals surface area contributed by atoms with Gasteiger partial charge >= 0.3 is 0 Å².